The zero-order valence-electron chi connectivity index (χ0n) is 12.8. The molecule has 0 radical (unpaired) electrons. The van der Waals surface area contributed by atoms with Gasteiger partial charge in [-0.15, -0.1) is 0 Å². The lowest BCUT2D eigenvalue weighted by Crippen LogP contribution is -2.31. The van der Waals surface area contributed by atoms with Gasteiger partial charge < -0.3 is 19.5 Å². The molecule has 0 aliphatic rings. The third kappa shape index (κ3) is 3.68. The lowest BCUT2D eigenvalue weighted by atomic mass is 10.2. The van der Waals surface area contributed by atoms with E-state index >= 15 is 0 Å². The number of hydrogen-bond donors (Lipinski definition) is 2. The average molecular weight is 391 g/mol. The summed E-state index contributed by atoms with van der Waals surface area (Å²) in [7, 11) is 0. The van der Waals surface area contributed by atoms with Crippen LogP contribution in [0.2, 0.25) is 0 Å². The quantitative estimate of drug-likeness (QED) is 0.652. The van der Waals surface area contributed by atoms with Crippen LogP contribution in [0.3, 0.4) is 0 Å². The Morgan fingerprint density at radius 2 is 2.12 bits per heavy atom. The van der Waals surface area contributed by atoms with Crippen molar-refractivity contribution in [3.63, 3.8) is 0 Å². The van der Waals surface area contributed by atoms with Gasteiger partial charge in [0.15, 0.2) is 6.61 Å². The molecule has 24 heavy (non-hydrogen) atoms. The monoisotopic (exact) mass is 390 g/mol. The molecule has 0 bridgehead atoms. The summed E-state index contributed by atoms with van der Waals surface area (Å²) >= 11 is 3.22. The number of H-pyrrole nitrogens is 1. The zero-order valence-corrected chi connectivity index (χ0v) is 14.4. The van der Waals surface area contributed by atoms with Gasteiger partial charge in [0.2, 0.25) is 0 Å². The smallest absolute Gasteiger partial charge is 0.355 e. The molecule has 0 fully saturated rings. The topological polar surface area (TPSA) is 84.3 Å². The van der Waals surface area contributed by atoms with Gasteiger partial charge in [0.1, 0.15) is 17.0 Å². The minimum absolute atomic E-state index is 0.278. The van der Waals surface area contributed by atoms with Gasteiger partial charge in [-0.3, -0.25) is 4.79 Å². The lowest BCUT2D eigenvalue weighted by Gasteiger charge is -2.11. The Morgan fingerprint density at radius 1 is 1.33 bits per heavy atom. The first-order valence-electron chi connectivity index (χ1n) is 7.32. The van der Waals surface area contributed by atoms with Crippen LogP contribution in [0.15, 0.2) is 51.5 Å². The van der Waals surface area contributed by atoms with Crippen LogP contribution in [0.1, 0.15) is 29.2 Å². The fourth-order valence-corrected chi connectivity index (χ4v) is 2.61. The number of furan rings is 1. The fraction of sp³-hybridized carbons (Fsp3) is 0.176. The van der Waals surface area contributed by atoms with Crippen LogP contribution >= 0.6 is 15.9 Å². The molecule has 0 aliphatic heterocycles. The summed E-state index contributed by atoms with van der Waals surface area (Å²) in [5, 5.41) is 3.71. The number of hydrogen-bond acceptors (Lipinski definition) is 4. The maximum absolute atomic E-state index is 11.9. The van der Waals surface area contributed by atoms with E-state index in [1.165, 1.54) is 0 Å². The number of fused-ring (bicyclic) bond motifs is 1. The molecular formula is C17H15BrN2O4. The van der Waals surface area contributed by atoms with Crippen molar-refractivity contribution in [2.24, 2.45) is 0 Å². The van der Waals surface area contributed by atoms with E-state index in [4.69, 9.17) is 9.15 Å². The molecule has 7 heteroatoms. The summed E-state index contributed by atoms with van der Waals surface area (Å²) < 4.78 is 11.4. The van der Waals surface area contributed by atoms with E-state index in [1.54, 1.807) is 19.2 Å². The Morgan fingerprint density at radius 3 is 2.83 bits per heavy atom. The number of carbonyl (C=O) groups is 2. The Hall–Kier alpha value is -2.54. The van der Waals surface area contributed by atoms with Gasteiger partial charge >= 0.3 is 5.97 Å². The van der Waals surface area contributed by atoms with Gasteiger partial charge in [-0.25, -0.2) is 4.79 Å². The summed E-state index contributed by atoms with van der Waals surface area (Å²) in [5.41, 5.74) is 1.04. The fourth-order valence-electron chi connectivity index (χ4n) is 2.26. The van der Waals surface area contributed by atoms with Gasteiger partial charge in [0.25, 0.3) is 5.91 Å². The van der Waals surface area contributed by atoms with E-state index in [0.717, 1.165) is 15.4 Å². The Labute approximate surface area is 146 Å². The van der Waals surface area contributed by atoms with Crippen molar-refractivity contribution in [2.45, 2.75) is 13.0 Å². The molecule has 1 aromatic carbocycles. The van der Waals surface area contributed by atoms with E-state index < -0.39 is 11.9 Å². The number of amides is 1. The average Bonchev–Trinajstić information content (AvgIpc) is 3.18. The van der Waals surface area contributed by atoms with Crippen LogP contribution in [0.25, 0.3) is 11.0 Å². The number of rotatable bonds is 5. The largest absolute Gasteiger partial charge is 0.459 e. The summed E-state index contributed by atoms with van der Waals surface area (Å²) in [6.45, 7) is 1.44. The Kier molecular flexibility index (Phi) is 4.71. The van der Waals surface area contributed by atoms with Crippen LogP contribution in [0.5, 0.6) is 0 Å². The van der Waals surface area contributed by atoms with Crippen molar-refractivity contribution in [3.8, 4) is 0 Å². The van der Waals surface area contributed by atoms with Crippen LogP contribution in [-0.2, 0) is 9.53 Å². The summed E-state index contributed by atoms with van der Waals surface area (Å²) in [6, 6.07) is 10.7. The Bertz CT molecular complexity index is 850. The van der Waals surface area contributed by atoms with Crippen molar-refractivity contribution in [1.82, 2.24) is 10.3 Å². The minimum Gasteiger partial charge on any atom is -0.459 e. The maximum Gasteiger partial charge on any atom is 0.355 e. The number of benzene rings is 1. The van der Waals surface area contributed by atoms with Crippen molar-refractivity contribution < 1.29 is 18.7 Å². The predicted octanol–water partition coefficient (Wildman–Crippen LogP) is 3.56. The van der Waals surface area contributed by atoms with Crippen LogP contribution in [-0.4, -0.2) is 23.5 Å². The van der Waals surface area contributed by atoms with Crippen molar-refractivity contribution in [2.75, 3.05) is 6.61 Å². The van der Waals surface area contributed by atoms with E-state index in [2.05, 4.69) is 26.2 Å². The first kappa shape index (κ1) is 16.3. The number of esters is 1. The molecule has 3 aromatic rings. The summed E-state index contributed by atoms with van der Waals surface area (Å²) in [4.78, 5) is 26.4. The van der Waals surface area contributed by atoms with Gasteiger partial charge in [0, 0.05) is 16.1 Å². The second-order valence-electron chi connectivity index (χ2n) is 5.28. The zero-order chi connectivity index (χ0) is 17.1. The van der Waals surface area contributed by atoms with Crippen molar-refractivity contribution in [1.29, 1.82) is 0 Å². The number of para-hydroxylation sites is 1. The second kappa shape index (κ2) is 6.92. The maximum atomic E-state index is 11.9. The summed E-state index contributed by atoms with van der Waals surface area (Å²) in [5.74, 6) is -0.349. The van der Waals surface area contributed by atoms with Crippen LogP contribution in [0, 0.1) is 0 Å². The minimum atomic E-state index is -0.591. The number of aromatic nitrogens is 1. The molecule has 124 valence electrons. The second-order valence-corrected chi connectivity index (χ2v) is 6.20. The van der Waals surface area contributed by atoms with Crippen molar-refractivity contribution in [3.05, 3.63) is 58.5 Å². The standard InChI is InChI=1S/C17H15BrN2O4/c1-10(15-6-11-4-2-3-5-14(11)24-15)20-16(21)9-23-17(22)13-7-12(18)8-19-13/h2-8,10,19H,9H2,1H3,(H,20,21). The third-order valence-electron chi connectivity index (χ3n) is 3.45. The highest BCUT2D eigenvalue weighted by Gasteiger charge is 2.16. The highest BCUT2D eigenvalue weighted by molar-refractivity contribution is 9.10. The van der Waals surface area contributed by atoms with Gasteiger partial charge in [-0.05, 0) is 41.1 Å². The molecule has 2 N–H and O–H groups in total. The predicted molar refractivity (Wildman–Crippen MR) is 91.5 cm³/mol. The number of aromatic amines is 1. The molecule has 1 amide bonds. The van der Waals surface area contributed by atoms with Gasteiger partial charge in [-0.2, -0.15) is 0 Å². The molecule has 2 aromatic heterocycles. The SMILES string of the molecule is CC(NC(=O)COC(=O)c1cc(Br)c[nH]1)c1cc2ccccc2o1. The van der Waals surface area contributed by atoms with Gasteiger partial charge in [-0.1, -0.05) is 18.2 Å². The molecule has 0 saturated carbocycles. The molecule has 3 rings (SSSR count). The molecule has 6 nitrogen and oxygen atoms in total. The van der Waals surface area contributed by atoms with E-state index in [-0.39, 0.29) is 18.3 Å². The van der Waals surface area contributed by atoms with Crippen molar-refractivity contribution >= 4 is 38.8 Å². The molecule has 1 unspecified atom stereocenters. The first-order chi connectivity index (χ1) is 11.5. The van der Waals surface area contributed by atoms with E-state index in [1.807, 2.05) is 30.3 Å². The molecule has 0 spiro atoms. The molecule has 2 heterocycles. The van der Waals surface area contributed by atoms with Crippen LogP contribution < -0.4 is 5.32 Å². The lowest BCUT2D eigenvalue weighted by molar-refractivity contribution is -0.125. The van der Waals surface area contributed by atoms with Gasteiger partial charge in [0.05, 0.1) is 6.04 Å². The number of halogens is 1. The normalized spacial score (nSPS) is 12.1. The van der Waals surface area contributed by atoms with Crippen LogP contribution in [0.4, 0.5) is 0 Å². The number of carbonyl (C=O) groups excluding carboxylic acids is 2. The highest BCUT2D eigenvalue weighted by atomic mass is 79.9. The molecule has 0 saturated heterocycles. The van der Waals surface area contributed by atoms with E-state index in [9.17, 15) is 9.59 Å². The number of nitrogens with one attached hydrogen (secondary N) is 2. The highest BCUT2D eigenvalue weighted by Crippen LogP contribution is 2.23. The van der Waals surface area contributed by atoms with E-state index in [0.29, 0.717) is 5.76 Å². The third-order valence-corrected chi connectivity index (χ3v) is 3.91. The first-order valence-corrected chi connectivity index (χ1v) is 8.11. The molecule has 1 atom stereocenters. The molecular weight excluding hydrogens is 376 g/mol. The number of ether oxygens (including phenoxy) is 1. The molecule has 0 aliphatic carbocycles. The Balaban J connectivity index is 1.55. The summed E-state index contributed by atoms with van der Waals surface area (Å²) in [6.07, 6.45) is 1.61.